The van der Waals surface area contributed by atoms with Crippen LogP contribution < -0.4 is 4.72 Å². The number of hydrogen-bond acceptors (Lipinski definition) is 5. The monoisotopic (exact) mass is 391 g/mol. The second kappa shape index (κ2) is 8.97. The van der Waals surface area contributed by atoms with Crippen LogP contribution in [0.25, 0.3) is 0 Å². The van der Waals surface area contributed by atoms with E-state index in [2.05, 4.69) is 37.9 Å². The van der Waals surface area contributed by atoms with E-state index >= 15 is 0 Å². The van der Waals surface area contributed by atoms with E-state index in [0.29, 0.717) is 24.0 Å². The second-order valence-electron chi connectivity index (χ2n) is 6.96. The molecule has 1 aromatic heterocycles. The summed E-state index contributed by atoms with van der Waals surface area (Å²) in [6.07, 6.45) is 3.88. The Morgan fingerprint density at radius 1 is 1.22 bits per heavy atom. The van der Waals surface area contributed by atoms with Crippen LogP contribution in [-0.4, -0.2) is 66.5 Å². The van der Waals surface area contributed by atoms with Crippen molar-refractivity contribution in [1.82, 2.24) is 24.1 Å². The van der Waals surface area contributed by atoms with Crippen molar-refractivity contribution < 1.29 is 8.42 Å². The first-order valence-electron chi connectivity index (χ1n) is 9.50. The molecule has 148 valence electrons. The second-order valence-corrected chi connectivity index (χ2v) is 8.73. The zero-order chi connectivity index (χ0) is 19.3. The van der Waals surface area contributed by atoms with Gasteiger partial charge in [0.2, 0.25) is 10.0 Å². The van der Waals surface area contributed by atoms with Gasteiger partial charge in [0.15, 0.2) is 0 Å². The van der Waals surface area contributed by atoms with E-state index in [4.69, 9.17) is 0 Å². The Hall–Kier alpha value is -1.74. The minimum atomic E-state index is -3.43. The molecule has 1 saturated heterocycles. The molecule has 8 heteroatoms. The quantitative estimate of drug-likeness (QED) is 0.736. The number of rotatable bonds is 8. The molecule has 2 heterocycles. The highest BCUT2D eigenvalue weighted by molar-refractivity contribution is 7.89. The lowest BCUT2D eigenvalue weighted by Crippen LogP contribution is -2.52. The Balaban J connectivity index is 1.46. The highest BCUT2D eigenvalue weighted by Crippen LogP contribution is 2.13. The summed E-state index contributed by atoms with van der Waals surface area (Å²) in [5, 5.41) is 0. The molecule has 0 radical (unpaired) electrons. The predicted octanol–water partition coefficient (Wildman–Crippen LogP) is 1.39. The zero-order valence-electron chi connectivity index (χ0n) is 16.1. The minimum absolute atomic E-state index is 0.314. The number of nitrogens with zero attached hydrogens (tertiary/aromatic N) is 4. The average Bonchev–Trinajstić information content (AvgIpc) is 3.12. The largest absolute Gasteiger partial charge is 0.334 e. The molecule has 1 atom stereocenters. The SMILES string of the molecule is CCn1ccnc1CN1CCN(CCNS(=O)(=O)c2ccccc2)C[C@@H]1C. The summed E-state index contributed by atoms with van der Waals surface area (Å²) in [6, 6.07) is 8.92. The topological polar surface area (TPSA) is 70.5 Å². The van der Waals surface area contributed by atoms with Gasteiger partial charge in [0.05, 0.1) is 11.4 Å². The van der Waals surface area contributed by atoms with Crippen LogP contribution in [0.5, 0.6) is 0 Å². The third kappa shape index (κ3) is 5.16. The summed E-state index contributed by atoms with van der Waals surface area (Å²) in [5.74, 6) is 1.11. The Morgan fingerprint density at radius 3 is 2.70 bits per heavy atom. The maximum atomic E-state index is 12.3. The van der Waals surface area contributed by atoms with Gasteiger partial charge in [-0.15, -0.1) is 0 Å². The summed E-state index contributed by atoms with van der Waals surface area (Å²) in [4.78, 5) is 9.55. The van der Waals surface area contributed by atoms with Crippen LogP contribution in [0.4, 0.5) is 0 Å². The molecular weight excluding hydrogens is 362 g/mol. The molecule has 0 aliphatic carbocycles. The first-order chi connectivity index (χ1) is 13.0. The lowest BCUT2D eigenvalue weighted by atomic mass is 10.2. The predicted molar refractivity (Wildman–Crippen MR) is 106 cm³/mol. The number of imidazole rings is 1. The maximum Gasteiger partial charge on any atom is 0.240 e. The van der Waals surface area contributed by atoms with E-state index < -0.39 is 10.0 Å². The van der Waals surface area contributed by atoms with Crippen LogP contribution in [0.15, 0.2) is 47.6 Å². The van der Waals surface area contributed by atoms with Crippen LogP contribution in [0.2, 0.25) is 0 Å². The molecule has 2 aromatic rings. The fraction of sp³-hybridized carbons (Fsp3) is 0.526. The lowest BCUT2D eigenvalue weighted by Gasteiger charge is -2.39. The van der Waals surface area contributed by atoms with Gasteiger partial charge in [0.1, 0.15) is 5.82 Å². The number of nitrogens with one attached hydrogen (secondary N) is 1. The van der Waals surface area contributed by atoms with Crippen LogP contribution in [0, 0.1) is 0 Å². The summed E-state index contributed by atoms with van der Waals surface area (Å²) in [6.45, 7) is 10.1. The van der Waals surface area contributed by atoms with Crippen molar-refractivity contribution in [2.75, 3.05) is 32.7 Å². The Kier molecular flexibility index (Phi) is 6.64. The Labute approximate surface area is 162 Å². The molecule has 1 aliphatic heterocycles. The van der Waals surface area contributed by atoms with Crippen LogP contribution in [0.3, 0.4) is 0 Å². The molecule has 1 N–H and O–H groups in total. The summed E-state index contributed by atoms with van der Waals surface area (Å²) in [7, 11) is -3.43. The number of aromatic nitrogens is 2. The molecule has 3 rings (SSSR count). The smallest absolute Gasteiger partial charge is 0.240 e. The number of benzene rings is 1. The molecular formula is C19H29N5O2S. The summed E-state index contributed by atoms with van der Waals surface area (Å²) < 4.78 is 29.4. The van der Waals surface area contributed by atoms with Crippen molar-refractivity contribution >= 4 is 10.0 Å². The first-order valence-corrected chi connectivity index (χ1v) is 11.0. The van der Waals surface area contributed by atoms with E-state index in [1.165, 1.54) is 0 Å². The number of hydrogen-bond donors (Lipinski definition) is 1. The maximum absolute atomic E-state index is 12.3. The highest BCUT2D eigenvalue weighted by Gasteiger charge is 2.24. The van der Waals surface area contributed by atoms with Crippen molar-refractivity contribution in [3.63, 3.8) is 0 Å². The fourth-order valence-corrected chi connectivity index (χ4v) is 4.53. The molecule has 1 aromatic carbocycles. The molecule has 1 fully saturated rings. The normalized spacial score (nSPS) is 19.4. The first kappa shape index (κ1) is 20.0. The van der Waals surface area contributed by atoms with Gasteiger partial charge in [-0.05, 0) is 26.0 Å². The van der Waals surface area contributed by atoms with Crippen molar-refractivity contribution in [3.05, 3.63) is 48.5 Å². The van der Waals surface area contributed by atoms with Gasteiger partial charge in [0.25, 0.3) is 0 Å². The number of piperazine rings is 1. The molecule has 7 nitrogen and oxygen atoms in total. The lowest BCUT2D eigenvalue weighted by molar-refractivity contribution is 0.0763. The van der Waals surface area contributed by atoms with Crippen molar-refractivity contribution in [2.45, 2.75) is 37.9 Å². The number of sulfonamides is 1. The van der Waals surface area contributed by atoms with Gasteiger partial charge in [-0.25, -0.2) is 18.1 Å². The van der Waals surface area contributed by atoms with E-state index in [1.54, 1.807) is 24.3 Å². The van der Waals surface area contributed by atoms with Gasteiger partial charge in [0, 0.05) is 57.7 Å². The molecule has 0 amide bonds. The summed E-state index contributed by atoms with van der Waals surface area (Å²) >= 11 is 0. The van der Waals surface area contributed by atoms with Crippen LogP contribution in [-0.2, 0) is 23.1 Å². The third-order valence-electron chi connectivity index (χ3n) is 5.11. The van der Waals surface area contributed by atoms with Gasteiger partial charge >= 0.3 is 0 Å². The van der Waals surface area contributed by atoms with Gasteiger partial charge in [-0.2, -0.15) is 0 Å². The summed E-state index contributed by atoms with van der Waals surface area (Å²) in [5.41, 5.74) is 0. The average molecular weight is 392 g/mol. The van der Waals surface area contributed by atoms with Gasteiger partial charge < -0.3 is 4.57 Å². The standard InChI is InChI=1S/C19H29N5O2S/c1-3-23-12-9-20-19(23)16-24-14-13-22(15-17(24)2)11-10-21-27(25,26)18-7-5-4-6-8-18/h4-9,12,17,21H,3,10-11,13-16H2,1-2H3/t17-/m0/s1. The zero-order valence-corrected chi connectivity index (χ0v) is 16.9. The third-order valence-corrected chi connectivity index (χ3v) is 6.59. The fourth-order valence-electron chi connectivity index (χ4n) is 3.49. The van der Waals surface area contributed by atoms with E-state index in [9.17, 15) is 8.42 Å². The van der Waals surface area contributed by atoms with E-state index in [0.717, 1.165) is 38.5 Å². The Morgan fingerprint density at radius 2 is 2.00 bits per heavy atom. The molecule has 1 aliphatic rings. The number of aryl methyl sites for hydroxylation is 1. The molecule has 0 unspecified atom stereocenters. The highest BCUT2D eigenvalue weighted by atomic mass is 32.2. The molecule has 0 bridgehead atoms. The van der Waals surface area contributed by atoms with Crippen LogP contribution in [0.1, 0.15) is 19.7 Å². The van der Waals surface area contributed by atoms with Gasteiger partial charge in [-0.3, -0.25) is 9.80 Å². The van der Waals surface area contributed by atoms with Crippen molar-refractivity contribution in [3.8, 4) is 0 Å². The molecule has 0 spiro atoms. The van der Waals surface area contributed by atoms with Crippen molar-refractivity contribution in [1.29, 1.82) is 0 Å². The van der Waals surface area contributed by atoms with Gasteiger partial charge in [-0.1, -0.05) is 18.2 Å². The van der Waals surface area contributed by atoms with Crippen LogP contribution >= 0.6 is 0 Å². The van der Waals surface area contributed by atoms with E-state index in [1.807, 2.05) is 18.5 Å². The Bertz CT molecular complexity index is 822. The minimum Gasteiger partial charge on any atom is -0.334 e. The molecule has 0 saturated carbocycles. The molecule has 27 heavy (non-hydrogen) atoms. The van der Waals surface area contributed by atoms with E-state index in [-0.39, 0.29) is 0 Å². The van der Waals surface area contributed by atoms with Crippen molar-refractivity contribution in [2.24, 2.45) is 0 Å².